The Kier molecular flexibility index (Phi) is 6.85. The lowest BCUT2D eigenvalue weighted by molar-refractivity contribution is 0.0670. The molecule has 0 unspecified atom stereocenters. The van der Waals surface area contributed by atoms with E-state index in [4.69, 9.17) is 0 Å². The summed E-state index contributed by atoms with van der Waals surface area (Å²) in [4.78, 5) is 17.4. The molecule has 0 aliphatic rings. The van der Waals surface area contributed by atoms with Crippen LogP contribution in [0.4, 0.5) is 8.78 Å². The number of aromatic nitrogens is 6. The number of hydrogen-bond acceptors (Lipinski definition) is 6. The molecule has 2 heterocycles. The number of carbonyl (C=O) groups excluding carboxylic acids is 1. The van der Waals surface area contributed by atoms with Gasteiger partial charge in [-0.05, 0) is 34.7 Å². The molecule has 0 aliphatic carbocycles. The first-order valence-electron chi connectivity index (χ1n) is 9.76. The normalized spacial score (nSPS) is 11.1. The van der Waals surface area contributed by atoms with E-state index in [1.807, 2.05) is 42.5 Å². The Bertz CT molecular complexity index is 1180. The van der Waals surface area contributed by atoms with E-state index in [-0.39, 0.29) is 24.7 Å². The molecule has 0 spiro atoms. The molecule has 0 aliphatic heterocycles. The van der Waals surface area contributed by atoms with Crippen molar-refractivity contribution in [3.8, 4) is 5.69 Å². The van der Waals surface area contributed by atoms with E-state index in [2.05, 4.69) is 25.8 Å². The van der Waals surface area contributed by atoms with Gasteiger partial charge in [-0.25, -0.2) is 4.98 Å². The van der Waals surface area contributed by atoms with Gasteiger partial charge in [0.1, 0.15) is 5.82 Å². The van der Waals surface area contributed by atoms with Gasteiger partial charge in [0.15, 0.2) is 5.82 Å². The Hall–Kier alpha value is -3.60. The van der Waals surface area contributed by atoms with Crippen molar-refractivity contribution in [1.29, 1.82) is 0 Å². The van der Waals surface area contributed by atoms with Crippen LogP contribution in [-0.4, -0.2) is 42.2 Å². The minimum Gasteiger partial charge on any atom is -0.352 e. The lowest BCUT2D eigenvalue weighted by atomic mass is 10.2. The molecule has 0 saturated carbocycles. The van der Waals surface area contributed by atoms with Crippen LogP contribution < -0.4 is 5.32 Å². The Morgan fingerprint density at radius 2 is 1.84 bits per heavy atom. The predicted molar refractivity (Wildman–Crippen MR) is 115 cm³/mol. The molecule has 4 rings (SSSR count). The zero-order chi connectivity index (χ0) is 22.3. The second-order valence-electron chi connectivity index (χ2n) is 6.66. The van der Waals surface area contributed by atoms with Gasteiger partial charge in [-0.3, -0.25) is 9.36 Å². The van der Waals surface area contributed by atoms with Crippen LogP contribution >= 0.6 is 11.8 Å². The highest BCUT2D eigenvalue weighted by Gasteiger charge is 2.15. The highest BCUT2D eigenvalue weighted by molar-refractivity contribution is 7.98. The average Bonchev–Trinajstić information content (AvgIpc) is 3.48. The van der Waals surface area contributed by atoms with Crippen LogP contribution in [0.15, 0.2) is 71.9 Å². The van der Waals surface area contributed by atoms with Gasteiger partial charge >= 0.3 is 6.55 Å². The number of rotatable bonds is 9. The molecule has 1 N–H and O–H groups in total. The summed E-state index contributed by atoms with van der Waals surface area (Å²) in [6.45, 7) is -2.47. The first kappa shape index (κ1) is 21.6. The van der Waals surface area contributed by atoms with Crippen LogP contribution in [0.1, 0.15) is 28.6 Å². The third-order valence-corrected chi connectivity index (χ3v) is 5.69. The largest absolute Gasteiger partial charge is 0.352 e. The van der Waals surface area contributed by atoms with E-state index in [0.29, 0.717) is 17.1 Å². The maximum atomic E-state index is 12.9. The number of thioether (sulfide) groups is 1. The number of tetrazole rings is 1. The monoisotopic (exact) mass is 455 g/mol. The van der Waals surface area contributed by atoms with E-state index < -0.39 is 6.55 Å². The standard InChI is InChI=1S/C21H19F2N7OS/c22-21(23)29-13-12-24-18(29)10-11-25-20(31)16-8-4-5-9-17(16)32-14-19-26-27-28-30(19)15-6-2-1-3-7-15/h1-9,12-13,21H,10-11,14H2,(H,25,31). The number of imidazole rings is 1. The first-order chi connectivity index (χ1) is 15.6. The number of benzene rings is 2. The second-order valence-corrected chi connectivity index (χ2v) is 7.68. The molecule has 0 radical (unpaired) electrons. The summed E-state index contributed by atoms with van der Waals surface area (Å²) in [5.41, 5.74) is 1.34. The summed E-state index contributed by atoms with van der Waals surface area (Å²) in [6.07, 6.45) is 2.74. The highest BCUT2D eigenvalue weighted by Crippen LogP contribution is 2.26. The van der Waals surface area contributed by atoms with Crippen molar-refractivity contribution in [3.05, 3.63) is 84.2 Å². The Morgan fingerprint density at radius 3 is 2.66 bits per heavy atom. The minimum atomic E-state index is -2.66. The predicted octanol–water partition coefficient (Wildman–Crippen LogP) is 3.52. The summed E-state index contributed by atoms with van der Waals surface area (Å²) in [5.74, 6) is 1.04. The molecule has 11 heteroatoms. The maximum absolute atomic E-state index is 12.9. The Balaban J connectivity index is 1.39. The first-order valence-corrected chi connectivity index (χ1v) is 10.7. The smallest absolute Gasteiger partial charge is 0.319 e. The molecular weight excluding hydrogens is 436 g/mol. The van der Waals surface area contributed by atoms with E-state index in [1.165, 1.54) is 24.2 Å². The number of alkyl halides is 2. The third kappa shape index (κ3) is 4.99. The van der Waals surface area contributed by atoms with Crippen LogP contribution in [0.3, 0.4) is 0 Å². The topological polar surface area (TPSA) is 90.5 Å². The molecule has 164 valence electrons. The number of para-hydroxylation sites is 1. The van der Waals surface area contributed by atoms with E-state index in [0.717, 1.165) is 15.1 Å². The summed E-state index contributed by atoms with van der Waals surface area (Å²) < 4.78 is 28.3. The van der Waals surface area contributed by atoms with Crippen LogP contribution in [-0.2, 0) is 12.2 Å². The van der Waals surface area contributed by atoms with Crippen molar-refractivity contribution in [2.45, 2.75) is 23.6 Å². The quantitative estimate of drug-likeness (QED) is 0.389. The average molecular weight is 455 g/mol. The van der Waals surface area contributed by atoms with E-state index in [1.54, 1.807) is 16.8 Å². The van der Waals surface area contributed by atoms with Gasteiger partial charge in [0.2, 0.25) is 0 Å². The van der Waals surface area contributed by atoms with Crippen LogP contribution in [0.25, 0.3) is 5.69 Å². The van der Waals surface area contributed by atoms with Crippen LogP contribution in [0.2, 0.25) is 0 Å². The fourth-order valence-electron chi connectivity index (χ4n) is 3.09. The van der Waals surface area contributed by atoms with Gasteiger partial charge in [0.25, 0.3) is 5.91 Å². The van der Waals surface area contributed by atoms with Gasteiger partial charge < -0.3 is 5.32 Å². The molecule has 0 atom stereocenters. The molecule has 1 amide bonds. The number of nitrogens with zero attached hydrogens (tertiary/aromatic N) is 6. The minimum absolute atomic E-state index is 0.188. The summed E-state index contributed by atoms with van der Waals surface area (Å²) >= 11 is 1.44. The van der Waals surface area contributed by atoms with Crippen molar-refractivity contribution < 1.29 is 13.6 Å². The molecule has 0 fully saturated rings. The molecular formula is C21H19F2N7OS. The van der Waals surface area contributed by atoms with E-state index in [9.17, 15) is 13.6 Å². The van der Waals surface area contributed by atoms with Crippen molar-refractivity contribution in [1.82, 2.24) is 35.1 Å². The SMILES string of the molecule is O=C(NCCc1nccn1C(F)F)c1ccccc1SCc1nnnn1-c1ccccc1. The van der Waals surface area contributed by atoms with Gasteiger partial charge in [0.05, 0.1) is 17.0 Å². The summed E-state index contributed by atoms with van der Waals surface area (Å²) in [7, 11) is 0. The fraction of sp³-hybridized carbons (Fsp3) is 0.190. The van der Waals surface area contributed by atoms with Gasteiger partial charge in [-0.1, -0.05) is 30.3 Å². The molecule has 2 aromatic heterocycles. The number of amides is 1. The van der Waals surface area contributed by atoms with Crippen molar-refractivity contribution in [2.75, 3.05) is 6.54 Å². The maximum Gasteiger partial charge on any atom is 0.319 e. The third-order valence-electron chi connectivity index (χ3n) is 4.62. The summed E-state index contributed by atoms with van der Waals surface area (Å²) in [6, 6.07) is 16.7. The van der Waals surface area contributed by atoms with Gasteiger partial charge in [0, 0.05) is 30.3 Å². The fourth-order valence-corrected chi connectivity index (χ4v) is 4.04. The molecule has 32 heavy (non-hydrogen) atoms. The number of halogens is 2. The zero-order valence-corrected chi connectivity index (χ0v) is 17.6. The van der Waals surface area contributed by atoms with Gasteiger partial charge in [-0.2, -0.15) is 13.5 Å². The Morgan fingerprint density at radius 1 is 1.06 bits per heavy atom. The molecule has 8 nitrogen and oxygen atoms in total. The summed E-state index contributed by atoms with van der Waals surface area (Å²) in [5, 5.41) is 14.7. The second kappa shape index (κ2) is 10.1. The number of nitrogens with one attached hydrogen (secondary N) is 1. The lowest BCUT2D eigenvalue weighted by Crippen LogP contribution is -2.27. The zero-order valence-electron chi connectivity index (χ0n) is 16.8. The molecule has 0 bridgehead atoms. The van der Waals surface area contributed by atoms with Crippen molar-refractivity contribution in [3.63, 3.8) is 0 Å². The van der Waals surface area contributed by atoms with E-state index >= 15 is 0 Å². The van der Waals surface area contributed by atoms with Gasteiger partial charge in [-0.15, -0.1) is 16.9 Å². The van der Waals surface area contributed by atoms with Crippen LogP contribution in [0, 0.1) is 0 Å². The van der Waals surface area contributed by atoms with Crippen molar-refractivity contribution in [2.24, 2.45) is 0 Å². The number of carbonyl (C=O) groups is 1. The molecule has 0 saturated heterocycles. The van der Waals surface area contributed by atoms with Crippen molar-refractivity contribution >= 4 is 17.7 Å². The van der Waals surface area contributed by atoms with Crippen LogP contribution in [0.5, 0.6) is 0 Å². The molecule has 4 aromatic rings. The highest BCUT2D eigenvalue weighted by atomic mass is 32.2. The molecule has 2 aromatic carbocycles. The number of hydrogen-bond donors (Lipinski definition) is 1. The Labute approximate surface area is 186 Å². The lowest BCUT2D eigenvalue weighted by Gasteiger charge is -2.11.